The average Bonchev–Trinajstić information content (AvgIpc) is 3.12. The summed E-state index contributed by atoms with van der Waals surface area (Å²) in [7, 11) is 0. The molecule has 2 amide bonds. The molecule has 5 heteroatoms. The zero-order valence-corrected chi connectivity index (χ0v) is 12.4. The van der Waals surface area contributed by atoms with Crippen LogP contribution in [-0.4, -0.2) is 29.8 Å². The molecule has 1 atom stereocenters. The second-order valence-electron chi connectivity index (χ2n) is 6.07. The van der Waals surface area contributed by atoms with Crippen LogP contribution in [0.4, 0.5) is 10.1 Å². The van der Waals surface area contributed by atoms with E-state index in [1.54, 1.807) is 4.90 Å². The summed E-state index contributed by atoms with van der Waals surface area (Å²) in [4.78, 5) is 26.8. The Morgan fingerprint density at radius 1 is 1.13 bits per heavy atom. The molecular formula is C18H15FN2O2. The second kappa shape index (κ2) is 4.91. The van der Waals surface area contributed by atoms with E-state index in [1.165, 1.54) is 24.3 Å². The third-order valence-corrected chi connectivity index (χ3v) is 4.77. The molecule has 1 N–H and O–H groups in total. The molecule has 2 heterocycles. The molecule has 1 fully saturated rings. The number of fused-ring (bicyclic) bond motifs is 2. The highest BCUT2D eigenvalue weighted by molar-refractivity contribution is 6.07. The predicted molar refractivity (Wildman–Crippen MR) is 83.7 cm³/mol. The number of carbonyl (C=O) groups excluding carboxylic acids is 2. The van der Waals surface area contributed by atoms with Crippen molar-refractivity contribution in [3.63, 3.8) is 0 Å². The van der Waals surface area contributed by atoms with Crippen molar-refractivity contribution in [3.05, 3.63) is 65.5 Å². The van der Waals surface area contributed by atoms with Gasteiger partial charge in [0, 0.05) is 24.3 Å². The highest BCUT2D eigenvalue weighted by Gasteiger charge is 2.51. The van der Waals surface area contributed by atoms with Crippen molar-refractivity contribution in [3.8, 4) is 0 Å². The summed E-state index contributed by atoms with van der Waals surface area (Å²) in [6.07, 6.45) is 0.600. The molecule has 0 radical (unpaired) electrons. The molecule has 0 bridgehead atoms. The molecule has 2 aliphatic heterocycles. The highest BCUT2D eigenvalue weighted by Crippen LogP contribution is 2.44. The van der Waals surface area contributed by atoms with E-state index in [9.17, 15) is 14.0 Å². The highest BCUT2D eigenvalue weighted by atomic mass is 19.1. The molecule has 0 saturated carbocycles. The van der Waals surface area contributed by atoms with Gasteiger partial charge in [-0.2, -0.15) is 0 Å². The normalized spacial score (nSPS) is 22.3. The number of likely N-dealkylation sites (tertiary alicyclic amines) is 1. The summed E-state index contributed by atoms with van der Waals surface area (Å²) >= 11 is 0. The van der Waals surface area contributed by atoms with Crippen molar-refractivity contribution in [2.45, 2.75) is 11.8 Å². The number of hydrogen-bond donors (Lipinski definition) is 1. The number of anilines is 1. The van der Waals surface area contributed by atoms with Crippen molar-refractivity contribution >= 4 is 17.5 Å². The Labute approximate surface area is 132 Å². The number of nitrogens with zero attached hydrogens (tertiary/aromatic N) is 1. The lowest BCUT2D eigenvalue weighted by molar-refractivity contribution is -0.120. The SMILES string of the molecule is O=C(c1ccc(F)cc1)N1CCC2(C1)C(=O)Nc1ccccc12. The Kier molecular flexibility index (Phi) is 2.98. The molecular weight excluding hydrogens is 295 g/mol. The lowest BCUT2D eigenvalue weighted by Crippen LogP contribution is -2.39. The molecule has 2 aliphatic rings. The first-order chi connectivity index (χ1) is 11.1. The molecule has 0 aliphatic carbocycles. The zero-order chi connectivity index (χ0) is 16.0. The van der Waals surface area contributed by atoms with Crippen molar-refractivity contribution in [1.82, 2.24) is 4.90 Å². The molecule has 0 aromatic heterocycles. The summed E-state index contributed by atoms with van der Waals surface area (Å²) in [5.74, 6) is -0.587. The minimum atomic E-state index is -0.660. The van der Waals surface area contributed by atoms with Crippen LogP contribution in [-0.2, 0) is 10.2 Å². The third kappa shape index (κ3) is 2.04. The van der Waals surface area contributed by atoms with Crippen LogP contribution in [0.3, 0.4) is 0 Å². The molecule has 23 heavy (non-hydrogen) atoms. The second-order valence-corrected chi connectivity index (χ2v) is 6.07. The molecule has 1 unspecified atom stereocenters. The van der Waals surface area contributed by atoms with Crippen molar-refractivity contribution < 1.29 is 14.0 Å². The average molecular weight is 310 g/mol. The number of carbonyl (C=O) groups is 2. The summed E-state index contributed by atoms with van der Waals surface area (Å²) < 4.78 is 13.0. The van der Waals surface area contributed by atoms with Crippen LogP contribution in [0.5, 0.6) is 0 Å². The third-order valence-electron chi connectivity index (χ3n) is 4.77. The quantitative estimate of drug-likeness (QED) is 0.880. The molecule has 1 spiro atoms. The van der Waals surface area contributed by atoms with Crippen molar-refractivity contribution in [1.29, 1.82) is 0 Å². The number of hydrogen-bond acceptors (Lipinski definition) is 2. The van der Waals surface area contributed by atoms with Crippen LogP contribution in [0.2, 0.25) is 0 Å². The summed E-state index contributed by atoms with van der Waals surface area (Å²) in [5.41, 5.74) is 1.56. The van der Waals surface area contributed by atoms with Gasteiger partial charge in [0.15, 0.2) is 0 Å². The molecule has 116 valence electrons. The molecule has 2 aromatic rings. The van der Waals surface area contributed by atoms with Gasteiger partial charge in [-0.25, -0.2) is 4.39 Å². The summed E-state index contributed by atoms with van der Waals surface area (Å²) in [6, 6.07) is 13.1. The zero-order valence-electron chi connectivity index (χ0n) is 12.4. The molecule has 2 aromatic carbocycles. The lowest BCUT2D eigenvalue weighted by atomic mass is 9.81. The largest absolute Gasteiger partial charge is 0.337 e. The molecule has 1 saturated heterocycles. The summed E-state index contributed by atoms with van der Waals surface area (Å²) in [5, 5.41) is 2.91. The Balaban J connectivity index is 1.63. The van der Waals surface area contributed by atoms with Gasteiger partial charge in [-0.15, -0.1) is 0 Å². The smallest absolute Gasteiger partial charge is 0.253 e. The van der Waals surface area contributed by atoms with E-state index in [0.717, 1.165) is 11.3 Å². The van der Waals surface area contributed by atoms with Crippen LogP contribution < -0.4 is 5.32 Å². The number of amides is 2. The minimum absolute atomic E-state index is 0.0480. The first kappa shape index (κ1) is 13.9. The fourth-order valence-corrected chi connectivity index (χ4v) is 3.54. The van der Waals surface area contributed by atoms with E-state index >= 15 is 0 Å². The first-order valence-electron chi connectivity index (χ1n) is 7.56. The fourth-order valence-electron chi connectivity index (χ4n) is 3.54. The lowest BCUT2D eigenvalue weighted by Gasteiger charge is -2.22. The van der Waals surface area contributed by atoms with Crippen LogP contribution >= 0.6 is 0 Å². The number of halogens is 1. The van der Waals surface area contributed by atoms with Crippen LogP contribution in [0.25, 0.3) is 0 Å². The Hall–Kier alpha value is -2.69. The Morgan fingerprint density at radius 3 is 2.65 bits per heavy atom. The van der Waals surface area contributed by atoms with Crippen LogP contribution in [0.1, 0.15) is 22.3 Å². The van der Waals surface area contributed by atoms with E-state index in [4.69, 9.17) is 0 Å². The Morgan fingerprint density at radius 2 is 1.87 bits per heavy atom. The van der Waals surface area contributed by atoms with Crippen molar-refractivity contribution in [2.75, 3.05) is 18.4 Å². The van der Waals surface area contributed by atoms with E-state index in [-0.39, 0.29) is 17.6 Å². The molecule has 4 nitrogen and oxygen atoms in total. The standard InChI is InChI=1S/C18H15FN2O2/c19-13-7-5-12(6-8-13)16(22)21-10-9-18(11-21)14-3-1-2-4-15(14)20-17(18)23/h1-8H,9-11H2,(H,20,23). The van der Waals surface area contributed by atoms with Gasteiger partial charge in [0.1, 0.15) is 5.82 Å². The number of benzene rings is 2. The number of para-hydroxylation sites is 1. The van der Waals surface area contributed by atoms with Crippen LogP contribution in [0, 0.1) is 5.82 Å². The van der Waals surface area contributed by atoms with Gasteiger partial charge in [0.25, 0.3) is 5.91 Å². The van der Waals surface area contributed by atoms with Gasteiger partial charge in [-0.3, -0.25) is 9.59 Å². The number of nitrogens with one attached hydrogen (secondary N) is 1. The van der Waals surface area contributed by atoms with E-state index in [2.05, 4.69) is 5.32 Å². The van der Waals surface area contributed by atoms with E-state index < -0.39 is 5.41 Å². The van der Waals surface area contributed by atoms with Crippen molar-refractivity contribution in [2.24, 2.45) is 0 Å². The molecule has 4 rings (SSSR count). The predicted octanol–water partition coefficient (Wildman–Crippen LogP) is 2.56. The summed E-state index contributed by atoms with van der Waals surface area (Å²) in [6.45, 7) is 0.865. The van der Waals surface area contributed by atoms with Gasteiger partial charge < -0.3 is 10.2 Å². The van der Waals surface area contributed by atoms with Gasteiger partial charge in [-0.05, 0) is 42.3 Å². The minimum Gasteiger partial charge on any atom is -0.337 e. The van der Waals surface area contributed by atoms with E-state index in [1.807, 2.05) is 24.3 Å². The van der Waals surface area contributed by atoms with Gasteiger partial charge >= 0.3 is 0 Å². The van der Waals surface area contributed by atoms with E-state index in [0.29, 0.717) is 25.1 Å². The maximum absolute atomic E-state index is 13.0. The van der Waals surface area contributed by atoms with Gasteiger partial charge in [0.05, 0.1) is 5.41 Å². The maximum Gasteiger partial charge on any atom is 0.253 e. The van der Waals surface area contributed by atoms with Gasteiger partial charge in [-0.1, -0.05) is 18.2 Å². The number of rotatable bonds is 1. The Bertz CT molecular complexity index is 803. The van der Waals surface area contributed by atoms with Crippen LogP contribution in [0.15, 0.2) is 48.5 Å². The fraction of sp³-hybridized carbons (Fsp3) is 0.222. The topological polar surface area (TPSA) is 49.4 Å². The monoisotopic (exact) mass is 310 g/mol. The van der Waals surface area contributed by atoms with Gasteiger partial charge in [0.2, 0.25) is 5.91 Å². The first-order valence-corrected chi connectivity index (χ1v) is 7.56. The maximum atomic E-state index is 13.0.